The zero-order valence-electron chi connectivity index (χ0n) is 18.4. The standard InChI is InChI=1S/C22H30N6O3/c1-22(2,3)31-21(30)28-11-7-17-15(19(28)29)14-18(16-6-8-24-20(23)25-16)27(17)13-12-26-9-4-5-10-26/h6,8,14H,4-5,7,9-13H2,1-3H3,(H2,23,24,25). The minimum Gasteiger partial charge on any atom is -0.443 e. The van der Waals surface area contributed by atoms with Crippen molar-refractivity contribution in [3.8, 4) is 11.4 Å². The van der Waals surface area contributed by atoms with Crippen molar-refractivity contribution >= 4 is 17.9 Å². The number of anilines is 1. The number of fused-ring (bicyclic) bond motifs is 1. The molecular weight excluding hydrogens is 396 g/mol. The summed E-state index contributed by atoms with van der Waals surface area (Å²) < 4.78 is 7.58. The summed E-state index contributed by atoms with van der Waals surface area (Å²) in [5.41, 5.74) is 8.08. The van der Waals surface area contributed by atoms with Gasteiger partial charge in [-0.05, 0) is 58.8 Å². The molecular formula is C22H30N6O3. The average Bonchev–Trinajstić information content (AvgIpc) is 3.33. The Kier molecular flexibility index (Phi) is 5.70. The molecule has 4 rings (SSSR count). The maximum absolute atomic E-state index is 13.2. The fourth-order valence-corrected chi connectivity index (χ4v) is 4.23. The van der Waals surface area contributed by atoms with Crippen LogP contribution in [-0.2, 0) is 17.7 Å². The second-order valence-electron chi connectivity index (χ2n) is 9.08. The molecule has 9 heteroatoms. The lowest BCUT2D eigenvalue weighted by Gasteiger charge is -2.29. The van der Waals surface area contributed by atoms with E-state index in [4.69, 9.17) is 10.5 Å². The van der Waals surface area contributed by atoms with Crippen molar-refractivity contribution < 1.29 is 14.3 Å². The Morgan fingerprint density at radius 3 is 2.61 bits per heavy atom. The molecule has 2 aromatic heterocycles. The predicted molar refractivity (Wildman–Crippen MR) is 117 cm³/mol. The Hall–Kier alpha value is -2.94. The first kappa shape index (κ1) is 21.3. The molecule has 2 N–H and O–H groups in total. The molecule has 0 atom stereocenters. The van der Waals surface area contributed by atoms with Crippen molar-refractivity contribution in [2.24, 2.45) is 0 Å². The van der Waals surface area contributed by atoms with E-state index < -0.39 is 11.7 Å². The molecule has 0 aliphatic carbocycles. The van der Waals surface area contributed by atoms with Gasteiger partial charge in [0.15, 0.2) is 0 Å². The Labute approximate surface area is 182 Å². The molecule has 4 heterocycles. The van der Waals surface area contributed by atoms with E-state index in [2.05, 4.69) is 19.4 Å². The first-order valence-electron chi connectivity index (χ1n) is 10.8. The van der Waals surface area contributed by atoms with E-state index in [-0.39, 0.29) is 11.9 Å². The molecule has 2 amide bonds. The zero-order chi connectivity index (χ0) is 22.2. The van der Waals surface area contributed by atoms with Gasteiger partial charge >= 0.3 is 6.09 Å². The molecule has 9 nitrogen and oxygen atoms in total. The number of carbonyl (C=O) groups is 2. The number of hydrogen-bond acceptors (Lipinski definition) is 7. The third-order valence-corrected chi connectivity index (χ3v) is 5.65. The molecule has 0 unspecified atom stereocenters. The SMILES string of the molecule is CC(C)(C)OC(=O)N1CCc2c(cc(-c3ccnc(N)n3)n2CCN2CCCC2)C1=O. The molecule has 0 saturated carbocycles. The topological polar surface area (TPSA) is 107 Å². The number of nitrogen functional groups attached to an aromatic ring is 1. The lowest BCUT2D eigenvalue weighted by molar-refractivity contribution is 0.0232. The van der Waals surface area contributed by atoms with E-state index >= 15 is 0 Å². The van der Waals surface area contributed by atoms with Gasteiger partial charge in [0.1, 0.15) is 5.60 Å². The van der Waals surface area contributed by atoms with Gasteiger partial charge in [0.2, 0.25) is 5.95 Å². The molecule has 0 bridgehead atoms. The Morgan fingerprint density at radius 2 is 1.94 bits per heavy atom. The number of hydrogen-bond donors (Lipinski definition) is 1. The van der Waals surface area contributed by atoms with Gasteiger partial charge in [-0.2, -0.15) is 0 Å². The van der Waals surface area contributed by atoms with Crippen LogP contribution in [0.4, 0.5) is 10.7 Å². The van der Waals surface area contributed by atoms with Crippen LogP contribution in [0.25, 0.3) is 11.4 Å². The van der Waals surface area contributed by atoms with Crippen LogP contribution >= 0.6 is 0 Å². The van der Waals surface area contributed by atoms with Crippen LogP contribution in [0.3, 0.4) is 0 Å². The molecule has 0 aromatic carbocycles. The molecule has 2 aliphatic rings. The second kappa shape index (κ2) is 8.30. The lowest BCUT2D eigenvalue weighted by Crippen LogP contribution is -2.44. The summed E-state index contributed by atoms with van der Waals surface area (Å²) in [6.45, 7) is 9.51. The number of likely N-dealkylation sites (tertiary alicyclic amines) is 1. The fraction of sp³-hybridized carbons (Fsp3) is 0.545. The number of carbonyl (C=O) groups excluding carboxylic acids is 2. The minimum atomic E-state index is -0.664. The van der Waals surface area contributed by atoms with E-state index in [1.165, 1.54) is 17.7 Å². The summed E-state index contributed by atoms with van der Waals surface area (Å²) in [5.74, 6) is -0.150. The van der Waals surface area contributed by atoms with Gasteiger partial charge in [0.25, 0.3) is 5.91 Å². The highest BCUT2D eigenvalue weighted by Gasteiger charge is 2.35. The van der Waals surface area contributed by atoms with E-state index in [0.29, 0.717) is 24.2 Å². The third-order valence-electron chi connectivity index (χ3n) is 5.65. The molecule has 1 saturated heterocycles. The van der Waals surface area contributed by atoms with Crippen LogP contribution in [0.15, 0.2) is 18.3 Å². The highest BCUT2D eigenvalue weighted by Crippen LogP contribution is 2.30. The summed E-state index contributed by atoms with van der Waals surface area (Å²) in [4.78, 5) is 37.8. The second-order valence-corrected chi connectivity index (χ2v) is 9.08. The summed E-state index contributed by atoms with van der Waals surface area (Å²) in [7, 11) is 0. The van der Waals surface area contributed by atoms with E-state index in [1.807, 2.05) is 6.07 Å². The van der Waals surface area contributed by atoms with Crippen LogP contribution in [-0.4, -0.2) is 68.1 Å². The third kappa shape index (κ3) is 4.56. The van der Waals surface area contributed by atoms with Gasteiger partial charge in [0.05, 0.1) is 17.0 Å². The van der Waals surface area contributed by atoms with Gasteiger partial charge in [-0.25, -0.2) is 19.7 Å². The Bertz CT molecular complexity index is 988. The molecule has 2 aromatic rings. The number of imide groups is 1. The highest BCUT2D eigenvalue weighted by molar-refractivity contribution is 6.05. The van der Waals surface area contributed by atoms with Crippen LogP contribution < -0.4 is 5.73 Å². The molecule has 1 fully saturated rings. The number of rotatable bonds is 4. The summed E-state index contributed by atoms with van der Waals surface area (Å²) in [6, 6.07) is 3.61. The van der Waals surface area contributed by atoms with Crippen molar-refractivity contribution in [1.29, 1.82) is 0 Å². The van der Waals surface area contributed by atoms with Crippen LogP contribution in [0.2, 0.25) is 0 Å². The van der Waals surface area contributed by atoms with Crippen molar-refractivity contribution in [2.45, 2.75) is 52.2 Å². The predicted octanol–water partition coefficient (Wildman–Crippen LogP) is 2.56. The van der Waals surface area contributed by atoms with Crippen LogP contribution in [0, 0.1) is 0 Å². The largest absolute Gasteiger partial charge is 0.443 e. The smallest absolute Gasteiger partial charge is 0.417 e. The van der Waals surface area contributed by atoms with Crippen molar-refractivity contribution in [2.75, 3.05) is 31.9 Å². The summed E-state index contributed by atoms with van der Waals surface area (Å²) in [6.07, 6.45) is 4.02. The van der Waals surface area contributed by atoms with Crippen molar-refractivity contribution in [3.63, 3.8) is 0 Å². The lowest BCUT2D eigenvalue weighted by atomic mass is 10.1. The van der Waals surface area contributed by atoms with Crippen molar-refractivity contribution in [3.05, 3.63) is 29.6 Å². The number of ether oxygens (including phenoxy) is 1. The zero-order valence-corrected chi connectivity index (χ0v) is 18.4. The fourth-order valence-electron chi connectivity index (χ4n) is 4.23. The van der Waals surface area contributed by atoms with Gasteiger partial charge in [-0.3, -0.25) is 4.79 Å². The summed E-state index contributed by atoms with van der Waals surface area (Å²) >= 11 is 0. The van der Waals surface area contributed by atoms with Gasteiger partial charge in [-0.15, -0.1) is 0 Å². The van der Waals surface area contributed by atoms with E-state index in [0.717, 1.165) is 37.6 Å². The van der Waals surface area contributed by atoms with Crippen LogP contribution in [0.5, 0.6) is 0 Å². The molecule has 2 aliphatic heterocycles. The number of nitrogens with zero attached hydrogens (tertiary/aromatic N) is 5. The van der Waals surface area contributed by atoms with Gasteiger partial charge in [-0.1, -0.05) is 0 Å². The minimum absolute atomic E-state index is 0.185. The average molecular weight is 427 g/mol. The van der Waals surface area contributed by atoms with Crippen LogP contribution in [0.1, 0.15) is 49.7 Å². The summed E-state index contributed by atoms with van der Waals surface area (Å²) in [5, 5.41) is 0. The maximum Gasteiger partial charge on any atom is 0.417 e. The van der Waals surface area contributed by atoms with E-state index in [9.17, 15) is 9.59 Å². The molecule has 166 valence electrons. The quantitative estimate of drug-likeness (QED) is 0.801. The Balaban J connectivity index is 1.67. The van der Waals surface area contributed by atoms with E-state index in [1.54, 1.807) is 33.0 Å². The maximum atomic E-state index is 13.2. The van der Waals surface area contributed by atoms with Crippen molar-refractivity contribution in [1.82, 2.24) is 24.3 Å². The number of amides is 2. The molecule has 0 radical (unpaired) electrons. The normalized spacial score (nSPS) is 17.1. The number of aromatic nitrogens is 3. The first-order chi connectivity index (χ1) is 14.7. The molecule has 31 heavy (non-hydrogen) atoms. The Morgan fingerprint density at radius 1 is 1.19 bits per heavy atom. The number of nitrogens with two attached hydrogens (primary N) is 1. The highest BCUT2D eigenvalue weighted by atomic mass is 16.6. The monoisotopic (exact) mass is 426 g/mol. The van der Waals surface area contributed by atoms with Gasteiger partial charge in [0, 0.05) is 37.9 Å². The molecule has 0 spiro atoms. The first-order valence-corrected chi connectivity index (χ1v) is 10.8. The van der Waals surface area contributed by atoms with Gasteiger partial charge < -0.3 is 19.9 Å².